The number of nitrogens with one attached hydrogen (secondary N) is 1. The van der Waals surface area contributed by atoms with Gasteiger partial charge in [-0.05, 0) is 37.0 Å². The Morgan fingerprint density at radius 1 is 1.25 bits per heavy atom. The number of amides is 1. The van der Waals surface area contributed by atoms with Crippen molar-refractivity contribution in [3.05, 3.63) is 28.8 Å². The van der Waals surface area contributed by atoms with Crippen LogP contribution in [-0.2, 0) is 20.7 Å². The third kappa shape index (κ3) is 5.30. The van der Waals surface area contributed by atoms with Gasteiger partial charge in [-0.2, -0.15) is 0 Å². The summed E-state index contributed by atoms with van der Waals surface area (Å²) >= 11 is 0. The van der Waals surface area contributed by atoms with Crippen LogP contribution >= 0.6 is 0 Å². The molecule has 0 atom stereocenters. The summed E-state index contributed by atoms with van der Waals surface area (Å²) in [5.41, 5.74) is 2.61. The average molecular weight is 279 g/mol. The van der Waals surface area contributed by atoms with Crippen molar-refractivity contribution in [2.24, 2.45) is 0 Å². The lowest BCUT2D eigenvalue weighted by atomic mass is 10.0. The van der Waals surface area contributed by atoms with E-state index in [-0.39, 0.29) is 24.9 Å². The highest BCUT2D eigenvalue weighted by molar-refractivity contribution is 5.73. The lowest BCUT2D eigenvalue weighted by Crippen LogP contribution is -2.25. The van der Waals surface area contributed by atoms with Crippen molar-refractivity contribution in [1.82, 2.24) is 5.32 Å². The van der Waals surface area contributed by atoms with Crippen LogP contribution in [0.1, 0.15) is 30.0 Å². The van der Waals surface area contributed by atoms with Crippen molar-refractivity contribution >= 4 is 11.9 Å². The van der Waals surface area contributed by atoms with E-state index in [1.54, 1.807) is 0 Å². The molecule has 110 valence electrons. The van der Waals surface area contributed by atoms with Crippen LogP contribution in [-0.4, -0.2) is 30.1 Å². The standard InChI is InChI=1S/C15H21NO4/c1-10-8-13(9-11(2)15(10)19)4-5-14(18)20-7-6-16-12(3)17/h8-9,19H,4-7H2,1-3H3,(H,16,17). The number of aryl methyl sites for hydroxylation is 3. The number of ether oxygens (including phenoxy) is 1. The maximum Gasteiger partial charge on any atom is 0.306 e. The van der Waals surface area contributed by atoms with Crippen molar-refractivity contribution in [1.29, 1.82) is 0 Å². The Morgan fingerprint density at radius 2 is 1.85 bits per heavy atom. The first kappa shape index (κ1) is 16.0. The second-order valence-electron chi connectivity index (χ2n) is 4.78. The zero-order valence-corrected chi connectivity index (χ0v) is 12.2. The molecule has 0 spiro atoms. The third-order valence-electron chi connectivity index (χ3n) is 2.91. The Morgan fingerprint density at radius 3 is 2.40 bits per heavy atom. The fourth-order valence-corrected chi connectivity index (χ4v) is 1.90. The molecule has 0 heterocycles. The Hall–Kier alpha value is -2.04. The van der Waals surface area contributed by atoms with Gasteiger partial charge in [0.1, 0.15) is 12.4 Å². The number of carbonyl (C=O) groups excluding carboxylic acids is 2. The smallest absolute Gasteiger partial charge is 0.306 e. The summed E-state index contributed by atoms with van der Waals surface area (Å²) in [6.07, 6.45) is 0.852. The minimum absolute atomic E-state index is 0.143. The maximum atomic E-state index is 11.5. The van der Waals surface area contributed by atoms with E-state index in [9.17, 15) is 14.7 Å². The molecule has 0 aliphatic carbocycles. The van der Waals surface area contributed by atoms with Gasteiger partial charge < -0.3 is 15.2 Å². The number of esters is 1. The number of hydrogen-bond donors (Lipinski definition) is 2. The molecule has 0 radical (unpaired) electrons. The molecule has 1 aromatic carbocycles. The Kier molecular flexibility index (Phi) is 6.03. The first-order valence-electron chi connectivity index (χ1n) is 6.59. The first-order chi connectivity index (χ1) is 9.40. The zero-order valence-electron chi connectivity index (χ0n) is 12.2. The van der Waals surface area contributed by atoms with Crippen LogP contribution in [0.5, 0.6) is 5.75 Å². The molecule has 0 saturated carbocycles. The first-order valence-corrected chi connectivity index (χ1v) is 6.59. The molecule has 1 amide bonds. The Balaban J connectivity index is 2.36. The number of carbonyl (C=O) groups is 2. The minimum atomic E-state index is -0.293. The van der Waals surface area contributed by atoms with Crippen LogP contribution in [0.15, 0.2) is 12.1 Å². The van der Waals surface area contributed by atoms with E-state index in [1.807, 2.05) is 26.0 Å². The van der Waals surface area contributed by atoms with Gasteiger partial charge in [-0.15, -0.1) is 0 Å². The second-order valence-corrected chi connectivity index (χ2v) is 4.78. The van der Waals surface area contributed by atoms with Crippen LogP contribution in [0.2, 0.25) is 0 Å². The van der Waals surface area contributed by atoms with E-state index in [1.165, 1.54) is 6.92 Å². The summed E-state index contributed by atoms with van der Waals surface area (Å²) in [5.74, 6) is -0.138. The predicted molar refractivity (Wildman–Crippen MR) is 75.5 cm³/mol. The summed E-state index contributed by atoms with van der Waals surface area (Å²) in [6.45, 7) is 5.59. The van der Waals surface area contributed by atoms with Gasteiger partial charge in [0.2, 0.25) is 5.91 Å². The molecule has 0 aromatic heterocycles. The molecule has 5 nitrogen and oxygen atoms in total. The van der Waals surface area contributed by atoms with E-state index in [0.29, 0.717) is 18.7 Å². The number of phenols is 1. The number of aromatic hydroxyl groups is 1. The van der Waals surface area contributed by atoms with Gasteiger partial charge in [-0.25, -0.2) is 0 Å². The van der Waals surface area contributed by atoms with Gasteiger partial charge in [0.25, 0.3) is 0 Å². The molecule has 0 aliphatic heterocycles. The number of phenolic OH excluding ortho intramolecular Hbond substituents is 1. The maximum absolute atomic E-state index is 11.5. The van der Waals surface area contributed by atoms with Gasteiger partial charge in [0.15, 0.2) is 0 Å². The van der Waals surface area contributed by atoms with Gasteiger partial charge in [-0.3, -0.25) is 9.59 Å². The number of benzene rings is 1. The van der Waals surface area contributed by atoms with Crippen LogP contribution in [0.3, 0.4) is 0 Å². The fraction of sp³-hybridized carbons (Fsp3) is 0.467. The van der Waals surface area contributed by atoms with Gasteiger partial charge in [-0.1, -0.05) is 12.1 Å². The SMILES string of the molecule is CC(=O)NCCOC(=O)CCc1cc(C)c(O)c(C)c1. The highest BCUT2D eigenvalue weighted by atomic mass is 16.5. The van der Waals surface area contributed by atoms with E-state index in [4.69, 9.17) is 4.74 Å². The average Bonchev–Trinajstić information content (AvgIpc) is 2.38. The Bertz CT molecular complexity index is 474. The molecular formula is C15H21NO4. The lowest BCUT2D eigenvalue weighted by molar-refractivity contribution is -0.143. The number of rotatable bonds is 6. The topological polar surface area (TPSA) is 75.6 Å². The Labute approximate surface area is 118 Å². The van der Waals surface area contributed by atoms with Gasteiger partial charge >= 0.3 is 5.97 Å². The monoisotopic (exact) mass is 279 g/mol. The minimum Gasteiger partial charge on any atom is -0.507 e. The molecule has 0 saturated heterocycles. The summed E-state index contributed by atoms with van der Waals surface area (Å²) in [7, 11) is 0. The molecule has 0 unspecified atom stereocenters. The van der Waals surface area contributed by atoms with Gasteiger partial charge in [0.05, 0.1) is 6.54 Å². The molecule has 20 heavy (non-hydrogen) atoms. The molecule has 1 rings (SSSR count). The summed E-state index contributed by atoms with van der Waals surface area (Å²) in [6, 6.07) is 3.74. The fourth-order valence-electron chi connectivity index (χ4n) is 1.90. The van der Waals surface area contributed by atoms with Crippen molar-refractivity contribution in [2.75, 3.05) is 13.2 Å². The highest BCUT2D eigenvalue weighted by Gasteiger charge is 2.07. The molecule has 0 aliphatic rings. The molecule has 5 heteroatoms. The van der Waals surface area contributed by atoms with Crippen LogP contribution in [0.4, 0.5) is 0 Å². The summed E-state index contributed by atoms with van der Waals surface area (Å²) in [4.78, 5) is 22.1. The van der Waals surface area contributed by atoms with Gasteiger partial charge in [0, 0.05) is 13.3 Å². The quantitative estimate of drug-likeness (QED) is 0.613. The molecule has 0 fully saturated rings. The lowest BCUT2D eigenvalue weighted by Gasteiger charge is -2.08. The normalized spacial score (nSPS) is 10.2. The van der Waals surface area contributed by atoms with Crippen molar-refractivity contribution in [3.63, 3.8) is 0 Å². The number of hydrogen-bond acceptors (Lipinski definition) is 4. The molecule has 1 aromatic rings. The van der Waals surface area contributed by atoms with Crippen molar-refractivity contribution in [2.45, 2.75) is 33.6 Å². The molecular weight excluding hydrogens is 258 g/mol. The van der Waals surface area contributed by atoms with E-state index < -0.39 is 0 Å². The predicted octanol–water partition coefficient (Wildman–Crippen LogP) is 1.62. The summed E-state index contributed by atoms with van der Waals surface area (Å²) in [5, 5.41) is 12.2. The summed E-state index contributed by atoms with van der Waals surface area (Å²) < 4.78 is 5.00. The van der Waals surface area contributed by atoms with Crippen LogP contribution in [0, 0.1) is 13.8 Å². The third-order valence-corrected chi connectivity index (χ3v) is 2.91. The highest BCUT2D eigenvalue weighted by Crippen LogP contribution is 2.23. The second kappa shape index (κ2) is 7.53. The van der Waals surface area contributed by atoms with E-state index in [0.717, 1.165) is 16.7 Å². The largest absolute Gasteiger partial charge is 0.507 e. The van der Waals surface area contributed by atoms with Crippen LogP contribution in [0.25, 0.3) is 0 Å². The van der Waals surface area contributed by atoms with E-state index in [2.05, 4.69) is 5.32 Å². The molecule has 2 N–H and O–H groups in total. The van der Waals surface area contributed by atoms with Crippen molar-refractivity contribution in [3.8, 4) is 5.75 Å². The van der Waals surface area contributed by atoms with Crippen molar-refractivity contribution < 1.29 is 19.4 Å². The molecule has 0 bridgehead atoms. The van der Waals surface area contributed by atoms with Crippen LogP contribution < -0.4 is 5.32 Å². The van der Waals surface area contributed by atoms with E-state index >= 15 is 0 Å². The zero-order chi connectivity index (χ0) is 15.1.